The van der Waals surface area contributed by atoms with Crippen LogP contribution >= 0.6 is 11.3 Å². The van der Waals surface area contributed by atoms with Gasteiger partial charge in [-0.15, -0.1) is 11.3 Å². The molecule has 2 aromatic heterocycles. The van der Waals surface area contributed by atoms with E-state index in [1.165, 1.54) is 0 Å². The molecule has 16 heavy (non-hydrogen) atoms. The summed E-state index contributed by atoms with van der Waals surface area (Å²) in [4.78, 5) is 8.55. The molecule has 2 rings (SSSR count). The Morgan fingerprint density at radius 2 is 2.31 bits per heavy atom. The molecular weight excluding hydrogens is 220 g/mol. The highest BCUT2D eigenvalue weighted by molar-refractivity contribution is 7.09. The van der Waals surface area contributed by atoms with Crippen LogP contribution in [0.4, 0.5) is 11.5 Å². The first-order valence-electron chi connectivity index (χ1n) is 5.06. The lowest BCUT2D eigenvalue weighted by Crippen LogP contribution is -2.01. The van der Waals surface area contributed by atoms with Crippen molar-refractivity contribution in [3.05, 3.63) is 34.4 Å². The zero-order valence-corrected chi connectivity index (χ0v) is 10.1. The minimum atomic E-state index is 0.748. The van der Waals surface area contributed by atoms with Crippen molar-refractivity contribution in [2.75, 3.05) is 17.7 Å². The number of aromatic nitrogens is 2. The van der Waals surface area contributed by atoms with Crippen LogP contribution < -0.4 is 10.6 Å². The van der Waals surface area contributed by atoms with E-state index in [-0.39, 0.29) is 0 Å². The third-order valence-corrected chi connectivity index (χ3v) is 2.98. The van der Waals surface area contributed by atoms with Crippen LogP contribution in [0.15, 0.2) is 23.7 Å². The van der Waals surface area contributed by atoms with Crippen LogP contribution in [0.5, 0.6) is 0 Å². The van der Waals surface area contributed by atoms with Gasteiger partial charge in [-0.05, 0) is 13.0 Å². The van der Waals surface area contributed by atoms with Crippen LogP contribution in [-0.2, 0) is 6.54 Å². The number of thiazole rings is 1. The second-order valence-corrected chi connectivity index (χ2v) is 4.45. The molecule has 84 valence electrons. The molecule has 0 aliphatic rings. The van der Waals surface area contributed by atoms with Crippen LogP contribution in [0, 0.1) is 6.92 Å². The lowest BCUT2D eigenvalue weighted by atomic mass is 10.3. The molecule has 4 nitrogen and oxygen atoms in total. The summed E-state index contributed by atoms with van der Waals surface area (Å²) < 4.78 is 0. The van der Waals surface area contributed by atoms with Crippen molar-refractivity contribution in [2.45, 2.75) is 13.5 Å². The lowest BCUT2D eigenvalue weighted by Gasteiger charge is -2.05. The molecule has 2 N–H and O–H groups in total. The molecule has 0 amide bonds. The number of nitrogens with zero attached hydrogens (tertiary/aromatic N) is 2. The van der Waals surface area contributed by atoms with Crippen molar-refractivity contribution in [3.63, 3.8) is 0 Å². The summed E-state index contributed by atoms with van der Waals surface area (Å²) in [5.74, 6) is 0.861. The minimum absolute atomic E-state index is 0.748. The van der Waals surface area contributed by atoms with E-state index in [2.05, 4.69) is 26.0 Å². The zero-order valence-electron chi connectivity index (χ0n) is 9.32. The minimum Gasteiger partial charge on any atom is -0.379 e. The molecule has 0 radical (unpaired) electrons. The largest absolute Gasteiger partial charge is 0.379 e. The number of pyridine rings is 1. The van der Waals surface area contributed by atoms with Gasteiger partial charge in [0.05, 0.1) is 17.2 Å². The Kier molecular flexibility index (Phi) is 3.36. The van der Waals surface area contributed by atoms with Gasteiger partial charge >= 0.3 is 0 Å². The van der Waals surface area contributed by atoms with Crippen LogP contribution in [0.2, 0.25) is 0 Å². The Morgan fingerprint density at radius 1 is 1.44 bits per heavy atom. The fourth-order valence-corrected chi connectivity index (χ4v) is 1.97. The van der Waals surface area contributed by atoms with Gasteiger partial charge in [-0.25, -0.2) is 9.97 Å². The fraction of sp³-hybridized carbons (Fsp3) is 0.273. The summed E-state index contributed by atoms with van der Waals surface area (Å²) in [6.07, 6.45) is 1.78. The molecule has 0 fully saturated rings. The monoisotopic (exact) mass is 234 g/mol. The molecule has 2 heterocycles. The molecule has 0 bridgehead atoms. The van der Waals surface area contributed by atoms with Gasteiger partial charge in [0.1, 0.15) is 5.82 Å². The van der Waals surface area contributed by atoms with E-state index >= 15 is 0 Å². The van der Waals surface area contributed by atoms with Crippen molar-refractivity contribution in [2.24, 2.45) is 0 Å². The standard InChI is InChI=1S/C11H14N4S/c1-8-15-10(7-16-8)6-14-9-3-4-13-11(5-9)12-2/h3-5,7H,6H2,1-2H3,(H2,12,13,14). The summed E-state index contributed by atoms with van der Waals surface area (Å²) in [6, 6.07) is 3.92. The SMILES string of the molecule is CNc1cc(NCc2csc(C)n2)ccn1. The van der Waals surface area contributed by atoms with Gasteiger partial charge in [0, 0.05) is 30.4 Å². The smallest absolute Gasteiger partial charge is 0.127 e. The highest BCUT2D eigenvalue weighted by atomic mass is 32.1. The first-order chi connectivity index (χ1) is 7.78. The Morgan fingerprint density at radius 3 is 3.00 bits per heavy atom. The number of aryl methyl sites for hydroxylation is 1. The number of anilines is 2. The Bertz CT molecular complexity index is 467. The van der Waals surface area contributed by atoms with E-state index in [0.29, 0.717) is 0 Å². The molecule has 0 aliphatic carbocycles. The Labute approximate surface area is 98.8 Å². The topological polar surface area (TPSA) is 49.8 Å². The van der Waals surface area contributed by atoms with Crippen molar-refractivity contribution in [1.29, 1.82) is 0 Å². The summed E-state index contributed by atoms with van der Waals surface area (Å²) in [7, 11) is 1.86. The molecule has 0 saturated heterocycles. The average molecular weight is 234 g/mol. The van der Waals surface area contributed by atoms with Crippen molar-refractivity contribution in [1.82, 2.24) is 9.97 Å². The zero-order chi connectivity index (χ0) is 11.4. The van der Waals surface area contributed by atoms with Crippen LogP contribution in [0.1, 0.15) is 10.7 Å². The number of rotatable bonds is 4. The average Bonchev–Trinajstić information content (AvgIpc) is 2.73. The predicted molar refractivity (Wildman–Crippen MR) is 68.0 cm³/mol. The molecule has 0 atom stereocenters. The summed E-state index contributed by atoms with van der Waals surface area (Å²) in [6.45, 7) is 2.76. The molecule has 0 aromatic carbocycles. The third-order valence-electron chi connectivity index (χ3n) is 2.16. The third kappa shape index (κ3) is 2.70. The quantitative estimate of drug-likeness (QED) is 0.853. The number of hydrogen-bond acceptors (Lipinski definition) is 5. The van der Waals surface area contributed by atoms with E-state index in [1.807, 2.05) is 26.1 Å². The van der Waals surface area contributed by atoms with Gasteiger partial charge in [0.15, 0.2) is 0 Å². The summed E-state index contributed by atoms with van der Waals surface area (Å²) in [5, 5.41) is 9.49. The van der Waals surface area contributed by atoms with E-state index in [0.717, 1.165) is 28.8 Å². The Hall–Kier alpha value is -1.62. The second kappa shape index (κ2) is 4.94. The van der Waals surface area contributed by atoms with Gasteiger partial charge in [-0.1, -0.05) is 0 Å². The molecule has 0 aliphatic heterocycles. The van der Waals surface area contributed by atoms with Crippen LogP contribution in [0.25, 0.3) is 0 Å². The molecule has 5 heteroatoms. The molecule has 0 spiro atoms. The number of nitrogens with one attached hydrogen (secondary N) is 2. The molecular formula is C11H14N4S. The first-order valence-corrected chi connectivity index (χ1v) is 5.94. The van der Waals surface area contributed by atoms with E-state index < -0.39 is 0 Å². The first kappa shape index (κ1) is 10.9. The lowest BCUT2D eigenvalue weighted by molar-refractivity contribution is 1.05. The molecule has 0 saturated carbocycles. The molecule has 2 aromatic rings. The predicted octanol–water partition coefficient (Wildman–Crippen LogP) is 2.50. The van der Waals surface area contributed by atoms with Gasteiger partial charge in [0.25, 0.3) is 0 Å². The van der Waals surface area contributed by atoms with Gasteiger partial charge < -0.3 is 10.6 Å². The van der Waals surface area contributed by atoms with Crippen molar-refractivity contribution in [3.8, 4) is 0 Å². The van der Waals surface area contributed by atoms with Crippen molar-refractivity contribution >= 4 is 22.8 Å². The highest BCUT2D eigenvalue weighted by Gasteiger charge is 1.99. The normalized spacial score (nSPS) is 10.1. The van der Waals surface area contributed by atoms with Crippen LogP contribution in [-0.4, -0.2) is 17.0 Å². The van der Waals surface area contributed by atoms with Gasteiger partial charge in [-0.2, -0.15) is 0 Å². The summed E-state index contributed by atoms with van der Waals surface area (Å²) in [5.41, 5.74) is 2.12. The molecule has 0 unspecified atom stereocenters. The maximum absolute atomic E-state index is 4.39. The Balaban J connectivity index is 1.99. The van der Waals surface area contributed by atoms with E-state index in [9.17, 15) is 0 Å². The maximum atomic E-state index is 4.39. The fourth-order valence-electron chi connectivity index (χ4n) is 1.36. The maximum Gasteiger partial charge on any atom is 0.127 e. The van der Waals surface area contributed by atoms with Gasteiger partial charge in [-0.3, -0.25) is 0 Å². The highest BCUT2D eigenvalue weighted by Crippen LogP contribution is 2.14. The second-order valence-electron chi connectivity index (χ2n) is 3.39. The van der Waals surface area contributed by atoms with Crippen molar-refractivity contribution < 1.29 is 0 Å². The number of hydrogen-bond donors (Lipinski definition) is 2. The van der Waals surface area contributed by atoms with Crippen LogP contribution in [0.3, 0.4) is 0 Å². The van der Waals surface area contributed by atoms with Gasteiger partial charge in [0.2, 0.25) is 0 Å². The summed E-state index contributed by atoms with van der Waals surface area (Å²) >= 11 is 1.67. The van der Waals surface area contributed by atoms with E-state index in [1.54, 1.807) is 17.5 Å². The van der Waals surface area contributed by atoms with E-state index in [4.69, 9.17) is 0 Å².